The molecule has 4 nitrogen and oxygen atoms in total. The molecule has 0 spiro atoms. The molecule has 2 N–H and O–H groups in total. The minimum atomic E-state index is -0.343. The van der Waals surface area contributed by atoms with Gasteiger partial charge in [-0.05, 0) is 25.3 Å². The van der Waals surface area contributed by atoms with Crippen molar-refractivity contribution in [2.45, 2.75) is 39.2 Å². The quantitative estimate of drug-likeness (QED) is 0.615. The van der Waals surface area contributed by atoms with Gasteiger partial charge < -0.3 is 5.73 Å². The van der Waals surface area contributed by atoms with Crippen LogP contribution < -0.4 is 5.73 Å². The first kappa shape index (κ1) is 12.6. The van der Waals surface area contributed by atoms with E-state index >= 15 is 0 Å². The molecule has 0 saturated heterocycles. The van der Waals surface area contributed by atoms with Crippen molar-refractivity contribution in [3.05, 3.63) is 39.4 Å². The van der Waals surface area contributed by atoms with Crippen molar-refractivity contribution < 1.29 is 4.92 Å². The van der Waals surface area contributed by atoms with E-state index < -0.39 is 0 Å². The highest BCUT2D eigenvalue weighted by molar-refractivity contribution is 5.44. The molecular formula is C12H18N2O2. The summed E-state index contributed by atoms with van der Waals surface area (Å²) >= 11 is 0. The third-order valence-corrected chi connectivity index (χ3v) is 2.76. The summed E-state index contributed by atoms with van der Waals surface area (Å²) in [4.78, 5) is 10.4. The Morgan fingerprint density at radius 3 is 2.75 bits per heavy atom. The molecule has 1 rings (SSSR count). The second-order valence-electron chi connectivity index (χ2n) is 4.07. The number of rotatable bonds is 5. The van der Waals surface area contributed by atoms with Gasteiger partial charge in [0.1, 0.15) is 0 Å². The fourth-order valence-electron chi connectivity index (χ4n) is 1.84. The van der Waals surface area contributed by atoms with E-state index in [1.54, 1.807) is 13.0 Å². The number of nitrogens with zero attached hydrogens (tertiary/aromatic N) is 1. The molecule has 1 atom stereocenters. The molecule has 0 heterocycles. The number of nitro groups is 1. The van der Waals surface area contributed by atoms with Crippen LogP contribution in [0.3, 0.4) is 0 Å². The second kappa shape index (κ2) is 5.61. The smallest absolute Gasteiger partial charge is 0.272 e. The fourth-order valence-corrected chi connectivity index (χ4v) is 1.84. The summed E-state index contributed by atoms with van der Waals surface area (Å²) in [7, 11) is 0. The molecule has 0 saturated carbocycles. The summed E-state index contributed by atoms with van der Waals surface area (Å²) in [6.45, 7) is 3.87. The van der Waals surface area contributed by atoms with Crippen LogP contribution in [0.2, 0.25) is 0 Å². The lowest BCUT2D eigenvalue weighted by Gasteiger charge is -2.12. The van der Waals surface area contributed by atoms with Gasteiger partial charge >= 0.3 is 0 Å². The van der Waals surface area contributed by atoms with E-state index in [1.807, 2.05) is 6.07 Å². The third kappa shape index (κ3) is 3.03. The van der Waals surface area contributed by atoms with E-state index in [1.165, 1.54) is 6.07 Å². The molecule has 0 aliphatic carbocycles. The normalized spacial score (nSPS) is 12.4. The van der Waals surface area contributed by atoms with Crippen molar-refractivity contribution in [3.63, 3.8) is 0 Å². The van der Waals surface area contributed by atoms with Crippen molar-refractivity contribution in [1.29, 1.82) is 0 Å². The minimum Gasteiger partial charge on any atom is -0.327 e. The van der Waals surface area contributed by atoms with Gasteiger partial charge in [0.2, 0.25) is 0 Å². The van der Waals surface area contributed by atoms with Gasteiger partial charge in [-0.2, -0.15) is 0 Å². The average Bonchev–Trinajstić information content (AvgIpc) is 2.21. The molecule has 0 aliphatic heterocycles. The van der Waals surface area contributed by atoms with Crippen LogP contribution in [0.5, 0.6) is 0 Å². The van der Waals surface area contributed by atoms with Crippen molar-refractivity contribution in [2.24, 2.45) is 5.73 Å². The molecule has 0 radical (unpaired) electrons. The van der Waals surface area contributed by atoms with Crippen LogP contribution in [0.1, 0.15) is 30.9 Å². The largest absolute Gasteiger partial charge is 0.327 e. The van der Waals surface area contributed by atoms with Gasteiger partial charge in [-0.25, -0.2) is 0 Å². The summed E-state index contributed by atoms with van der Waals surface area (Å²) in [5.41, 5.74) is 7.84. The predicted octanol–water partition coefficient (Wildman–Crippen LogP) is 2.57. The Bertz CT molecular complexity index is 377. The molecule has 0 aliphatic rings. The van der Waals surface area contributed by atoms with E-state index in [0.29, 0.717) is 6.42 Å². The molecule has 4 heteroatoms. The number of benzene rings is 1. The molecule has 0 aromatic heterocycles. The van der Waals surface area contributed by atoms with Crippen LogP contribution in [-0.4, -0.2) is 11.0 Å². The zero-order valence-corrected chi connectivity index (χ0v) is 9.77. The number of hydrogen-bond acceptors (Lipinski definition) is 3. The lowest BCUT2D eigenvalue weighted by atomic mass is 9.98. The maximum absolute atomic E-state index is 10.8. The molecule has 0 fully saturated rings. The van der Waals surface area contributed by atoms with E-state index in [2.05, 4.69) is 6.92 Å². The highest BCUT2D eigenvalue weighted by Gasteiger charge is 2.14. The first-order chi connectivity index (χ1) is 7.56. The van der Waals surface area contributed by atoms with Crippen LogP contribution in [0.4, 0.5) is 5.69 Å². The van der Waals surface area contributed by atoms with E-state index in [0.717, 1.165) is 24.0 Å². The molecule has 1 aromatic rings. The number of nitrogens with two attached hydrogens (primary N) is 1. The second-order valence-corrected chi connectivity index (χ2v) is 4.07. The molecule has 1 aromatic carbocycles. The Morgan fingerprint density at radius 2 is 2.19 bits per heavy atom. The van der Waals surface area contributed by atoms with Crippen LogP contribution in [0.25, 0.3) is 0 Å². The summed E-state index contributed by atoms with van der Waals surface area (Å²) in [5.74, 6) is 0. The van der Waals surface area contributed by atoms with Crippen LogP contribution in [-0.2, 0) is 6.42 Å². The van der Waals surface area contributed by atoms with Gasteiger partial charge in [0.05, 0.1) is 4.92 Å². The third-order valence-electron chi connectivity index (χ3n) is 2.76. The Morgan fingerprint density at radius 1 is 1.50 bits per heavy atom. The van der Waals surface area contributed by atoms with E-state index in [-0.39, 0.29) is 16.7 Å². The van der Waals surface area contributed by atoms with Gasteiger partial charge in [-0.15, -0.1) is 0 Å². The summed E-state index contributed by atoms with van der Waals surface area (Å²) in [5, 5.41) is 10.8. The van der Waals surface area contributed by atoms with Gasteiger partial charge in [0.15, 0.2) is 0 Å². The van der Waals surface area contributed by atoms with Crippen LogP contribution in [0.15, 0.2) is 18.2 Å². The summed E-state index contributed by atoms with van der Waals surface area (Å²) in [6.07, 6.45) is 2.69. The average molecular weight is 222 g/mol. The minimum absolute atomic E-state index is 0.0886. The number of hydrogen-bond donors (Lipinski definition) is 1. The van der Waals surface area contributed by atoms with E-state index in [9.17, 15) is 10.1 Å². The van der Waals surface area contributed by atoms with Crippen molar-refractivity contribution in [2.75, 3.05) is 0 Å². The molecule has 0 amide bonds. The first-order valence-corrected chi connectivity index (χ1v) is 5.54. The maximum Gasteiger partial charge on any atom is 0.272 e. The standard InChI is InChI=1S/C12H18N2O2/c1-3-5-11(13)8-10-6-4-7-12(9(10)2)14(15)16/h4,6-7,11H,3,5,8,13H2,1-2H3. The molecule has 16 heavy (non-hydrogen) atoms. The van der Waals surface area contributed by atoms with Crippen LogP contribution >= 0.6 is 0 Å². The zero-order chi connectivity index (χ0) is 12.1. The summed E-state index contributed by atoms with van der Waals surface area (Å²) < 4.78 is 0. The SMILES string of the molecule is CCCC(N)Cc1cccc([N+](=O)[O-])c1C. The fraction of sp³-hybridized carbons (Fsp3) is 0.500. The van der Waals surface area contributed by atoms with Gasteiger partial charge in [0.25, 0.3) is 5.69 Å². The highest BCUT2D eigenvalue weighted by Crippen LogP contribution is 2.22. The molecule has 0 bridgehead atoms. The molecule has 88 valence electrons. The lowest BCUT2D eigenvalue weighted by molar-refractivity contribution is -0.385. The van der Waals surface area contributed by atoms with Crippen molar-refractivity contribution in [3.8, 4) is 0 Å². The van der Waals surface area contributed by atoms with Crippen molar-refractivity contribution in [1.82, 2.24) is 0 Å². The Hall–Kier alpha value is -1.42. The molecular weight excluding hydrogens is 204 g/mol. The Kier molecular flexibility index (Phi) is 4.43. The Balaban J connectivity index is 2.89. The summed E-state index contributed by atoms with van der Waals surface area (Å²) in [6, 6.07) is 5.26. The van der Waals surface area contributed by atoms with Crippen molar-refractivity contribution >= 4 is 5.69 Å². The van der Waals surface area contributed by atoms with E-state index in [4.69, 9.17) is 5.73 Å². The number of nitro benzene ring substituents is 1. The van der Waals surface area contributed by atoms with Crippen LogP contribution in [0, 0.1) is 17.0 Å². The predicted molar refractivity (Wildman–Crippen MR) is 64.4 cm³/mol. The maximum atomic E-state index is 10.8. The van der Waals surface area contributed by atoms with Gasteiger partial charge in [-0.1, -0.05) is 25.5 Å². The van der Waals surface area contributed by atoms with Gasteiger partial charge in [0, 0.05) is 17.7 Å². The lowest BCUT2D eigenvalue weighted by Crippen LogP contribution is -2.22. The Labute approximate surface area is 95.6 Å². The highest BCUT2D eigenvalue weighted by atomic mass is 16.6. The zero-order valence-electron chi connectivity index (χ0n) is 9.77. The monoisotopic (exact) mass is 222 g/mol. The molecule has 1 unspecified atom stereocenters. The van der Waals surface area contributed by atoms with Gasteiger partial charge in [-0.3, -0.25) is 10.1 Å². The first-order valence-electron chi connectivity index (χ1n) is 5.54. The topological polar surface area (TPSA) is 69.2 Å².